The molecule has 0 aliphatic heterocycles. The van der Waals surface area contributed by atoms with Crippen molar-refractivity contribution < 1.29 is 9.53 Å². The average Bonchev–Trinajstić information content (AvgIpc) is 2.03. The van der Waals surface area contributed by atoms with Gasteiger partial charge in [-0.1, -0.05) is 0 Å². The molecule has 0 atom stereocenters. The second-order valence-corrected chi connectivity index (χ2v) is 2.83. The van der Waals surface area contributed by atoms with Crippen molar-refractivity contribution in [2.24, 2.45) is 5.73 Å². The summed E-state index contributed by atoms with van der Waals surface area (Å²) in [5, 5.41) is 2.66. The van der Waals surface area contributed by atoms with Crippen LogP contribution in [0.3, 0.4) is 0 Å². The lowest BCUT2D eigenvalue weighted by Gasteiger charge is -2.07. The van der Waals surface area contributed by atoms with E-state index in [-0.39, 0.29) is 18.6 Å². The van der Waals surface area contributed by atoms with E-state index in [1.54, 1.807) is 0 Å². The summed E-state index contributed by atoms with van der Waals surface area (Å²) in [4.78, 5) is 10.6. The van der Waals surface area contributed by atoms with Gasteiger partial charge in [0.15, 0.2) is 0 Å². The Bertz CT molecular complexity index is 126. The molecule has 0 aliphatic rings. The Hall–Kier alpha value is -0.610. The molecule has 4 nitrogen and oxygen atoms in total. The monoisotopic (exact) mass is 174 g/mol. The van der Waals surface area contributed by atoms with Gasteiger partial charge in [0.25, 0.3) is 0 Å². The third-order valence-electron chi connectivity index (χ3n) is 1.28. The van der Waals surface area contributed by atoms with Crippen molar-refractivity contribution in [3.63, 3.8) is 0 Å². The Morgan fingerprint density at radius 3 is 2.75 bits per heavy atom. The molecule has 1 amide bonds. The fourth-order valence-corrected chi connectivity index (χ4v) is 0.691. The molecule has 0 fully saturated rings. The molecule has 4 heteroatoms. The van der Waals surface area contributed by atoms with E-state index in [1.807, 2.05) is 13.8 Å². The maximum Gasteiger partial charge on any atom is 0.233 e. The SMILES string of the molecule is CC(C)OCCCNC(=O)CN. The minimum absolute atomic E-state index is 0.0606. The first-order valence-corrected chi connectivity index (χ1v) is 4.25. The molecule has 72 valence electrons. The highest BCUT2D eigenvalue weighted by atomic mass is 16.5. The van der Waals surface area contributed by atoms with Gasteiger partial charge < -0.3 is 15.8 Å². The molecule has 0 saturated heterocycles. The van der Waals surface area contributed by atoms with Crippen LogP contribution < -0.4 is 11.1 Å². The molecular weight excluding hydrogens is 156 g/mol. The summed E-state index contributed by atoms with van der Waals surface area (Å²) in [5.41, 5.74) is 5.09. The van der Waals surface area contributed by atoms with E-state index in [1.165, 1.54) is 0 Å². The topological polar surface area (TPSA) is 64.3 Å². The second-order valence-electron chi connectivity index (χ2n) is 2.83. The van der Waals surface area contributed by atoms with Crippen molar-refractivity contribution in [3.05, 3.63) is 0 Å². The number of rotatable bonds is 6. The molecule has 0 spiro atoms. The predicted molar refractivity (Wildman–Crippen MR) is 47.8 cm³/mol. The molecule has 12 heavy (non-hydrogen) atoms. The number of ether oxygens (including phenoxy) is 1. The molecule has 3 N–H and O–H groups in total. The maximum atomic E-state index is 10.6. The fraction of sp³-hybridized carbons (Fsp3) is 0.875. The van der Waals surface area contributed by atoms with Crippen LogP contribution in [0.4, 0.5) is 0 Å². The van der Waals surface area contributed by atoms with Crippen molar-refractivity contribution in [1.29, 1.82) is 0 Å². The molecule has 0 aromatic rings. The lowest BCUT2D eigenvalue weighted by atomic mass is 10.4. The summed E-state index contributed by atoms with van der Waals surface area (Å²) < 4.78 is 5.27. The molecule has 0 aliphatic carbocycles. The van der Waals surface area contributed by atoms with E-state index in [0.29, 0.717) is 13.2 Å². The van der Waals surface area contributed by atoms with Crippen molar-refractivity contribution in [2.75, 3.05) is 19.7 Å². The van der Waals surface area contributed by atoms with E-state index in [9.17, 15) is 4.79 Å². The third kappa shape index (κ3) is 7.50. The Balaban J connectivity index is 3.05. The van der Waals surface area contributed by atoms with Crippen LogP contribution in [0.2, 0.25) is 0 Å². The molecule has 0 aromatic carbocycles. The van der Waals surface area contributed by atoms with Crippen molar-refractivity contribution in [3.8, 4) is 0 Å². The van der Waals surface area contributed by atoms with E-state index in [0.717, 1.165) is 6.42 Å². The zero-order valence-corrected chi connectivity index (χ0v) is 7.80. The van der Waals surface area contributed by atoms with Gasteiger partial charge in [-0.3, -0.25) is 4.79 Å². The van der Waals surface area contributed by atoms with Crippen molar-refractivity contribution in [1.82, 2.24) is 5.32 Å². The number of hydrogen-bond acceptors (Lipinski definition) is 3. The van der Waals surface area contributed by atoms with Gasteiger partial charge >= 0.3 is 0 Å². The largest absolute Gasteiger partial charge is 0.379 e. The van der Waals surface area contributed by atoms with Crippen LogP contribution in [0.15, 0.2) is 0 Å². The van der Waals surface area contributed by atoms with Crippen molar-refractivity contribution in [2.45, 2.75) is 26.4 Å². The molecule has 0 saturated carbocycles. The van der Waals surface area contributed by atoms with Crippen LogP contribution in [0.5, 0.6) is 0 Å². The number of carbonyl (C=O) groups excluding carboxylic acids is 1. The van der Waals surface area contributed by atoms with E-state index < -0.39 is 0 Å². The first-order valence-electron chi connectivity index (χ1n) is 4.25. The quantitative estimate of drug-likeness (QED) is 0.552. The minimum atomic E-state index is -0.112. The lowest BCUT2D eigenvalue weighted by molar-refractivity contribution is -0.119. The zero-order chi connectivity index (χ0) is 9.40. The van der Waals surface area contributed by atoms with E-state index in [2.05, 4.69) is 5.32 Å². The summed E-state index contributed by atoms with van der Waals surface area (Å²) in [6, 6.07) is 0. The molecule has 0 aromatic heterocycles. The van der Waals surface area contributed by atoms with Crippen LogP contribution in [-0.2, 0) is 9.53 Å². The van der Waals surface area contributed by atoms with Gasteiger partial charge in [0.1, 0.15) is 0 Å². The number of carbonyl (C=O) groups is 1. The maximum absolute atomic E-state index is 10.6. The van der Waals surface area contributed by atoms with Crippen LogP contribution in [0.25, 0.3) is 0 Å². The van der Waals surface area contributed by atoms with Crippen LogP contribution in [0.1, 0.15) is 20.3 Å². The van der Waals surface area contributed by atoms with Gasteiger partial charge in [-0.15, -0.1) is 0 Å². The standard InChI is InChI=1S/C8H18N2O2/c1-7(2)12-5-3-4-10-8(11)6-9/h7H,3-6,9H2,1-2H3,(H,10,11). The minimum Gasteiger partial charge on any atom is -0.379 e. The molecule has 0 unspecified atom stereocenters. The second kappa shape index (κ2) is 7.06. The van der Waals surface area contributed by atoms with Crippen LogP contribution in [0, 0.1) is 0 Å². The highest BCUT2D eigenvalue weighted by Crippen LogP contribution is 1.88. The molecule has 0 heterocycles. The average molecular weight is 174 g/mol. The van der Waals surface area contributed by atoms with Crippen molar-refractivity contribution >= 4 is 5.91 Å². The summed E-state index contributed by atoms with van der Waals surface area (Å²) in [6.07, 6.45) is 1.10. The summed E-state index contributed by atoms with van der Waals surface area (Å²) in [7, 11) is 0. The Morgan fingerprint density at radius 1 is 1.58 bits per heavy atom. The fourth-order valence-electron chi connectivity index (χ4n) is 0.691. The van der Waals surface area contributed by atoms with Gasteiger partial charge in [0, 0.05) is 13.2 Å². The molecular formula is C8H18N2O2. The van der Waals surface area contributed by atoms with Gasteiger partial charge in [0.05, 0.1) is 12.6 Å². The summed E-state index contributed by atoms with van der Waals surface area (Å²) in [5.74, 6) is -0.112. The summed E-state index contributed by atoms with van der Waals surface area (Å²) >= 11 is 0. The van der Waals surface area contributed by atoms with E-state index in [4.69, 9.17) is 10.5 Å². The Morgan fingerprint density at radius 2 is 2.25 bits per heavy atom. The van der Waals surface area contributed by atoms with Gasteiger partial charge in [-0.25, -0.2) is 0 Å². The first kappa shape index (κ1) is 11.4. The number of hydrogen-bond donors (Lipinski definition) is 2. The zero-order valence-electron chi connectivity index (χ0n) is 7.80. The van der Waals surface area contributed by atoms with Crippen LogP contribution in [-0.4, -0.2) is 31.7 Å². The molecule has 0 radical (unpaired) electrons. The third-order valence-corrected chi connectivity index (χ3v) is 1.28. The lowest BCUT2D eigenvalue weighted by Crippen LogP contribution is -2.31. The number of nitrogens with one attached hydrogen (secondary N) is 1. The smallest absolute Gasteiger partial charge is 0.233 e. The first-order chi connectivity index (χ1) is 5.66. The Labute approximate surface area is 73.5 Å². The van der Waals surface area contributed by atoms with Gasteiger partial charge in [0.2, 0.25) is 5.91 Å². The highest BCUT2D eigenvalue weighted by Gasteiger charge is 1.96. The Kier molecular flexibility index (Phi) is 6.70. The molecule has 0 bridgehead atoms. The number of amides is 1. The number of nitrogens with two attached hydrogens (primary N) is 1. The highest BCUT2D eigenvalue weighted by molar-refractivity contribution is 5.77. The van der Waals surface area contributed by atoms with E-state index >= 15 is 0 Å². The normalized spacial score (nSPS) is 10.3. The van der Waals surface area contributed by atoms with Gasteiger partial charge in [-0.2, -0.15) is 0 Å². The van der Waals surface area contributed by atoms with Gasteiger partial charge in [-0.05, 0) is 20.3 Å². The predicted octanol–water partition coefficient (Wildman–Crippen LogP) is -0.124. The summed E-state index contributed by atoms with van der Waals surface area (Å²) in [6.45, 7) is 5.35. The van der Waals surface area contributed by atoms with Crippen LogP contribution >= 0.6 is 0 Å². The molecule has 0 rings (SSSR count).